The first-order chi connectivity index (χ1) is 7.26. The molecule has 0 amide bonds. The maximum Gasteiger partial charge on any atom is 0.391 e. The zero-order valence-electron chi connectivity index (χ0n) is 10.0. The van der Waals surface area contributed by atoms with Gasteiger partial charge < -0.3 is 10.1 Å². The quantitative estimate of drug-likeness (QED) is 0.814. The van der Waals surface area contributed by atoms with Crippen LogP contribution in [0.4, 0.5) is 13.2 Å². The molecule has 1 N–H and O–H groups in total. The number of hydrogen-bond donors (Lipinski definition) is 1. The van der Waals surface area contributed by atoms with Gasteiger partial charge in [-0.1, -0.05) is 13.8 Å². The van der Waals surface area contributed by atoms with E-state index in [1.807, 2.05) is 7.05 Å². The molecule has 0 bridgehead atoms. The van der Waals surface area contributed by atoms with Gasteiger partial charge in [0.2, 0.25) is 0 Å². The van der Waals surface area contributed by atoms with Crippen molar-refractivity contribution >= 4 is 0 Å². The minimum absolute atomic E-state index is 0.0949. The molecule has 1 fully saturated rings. The predicted octanol–water partition coefficient (Wildman–Crippen LogP) is 2.73. The van der Waals surface area contributed by atoms with Crippen LogP contribution in [0.1, 0.15) is 33.1 Å². The summed E-state index contributed by atoms with van der Waals surface area (Å²) in [5.41, 5.74) is 0.0949. The first kappa shape index (κ1) is 13.8. The molecule has 0 heterocycles. The number of ether oxygens (including phenoxy) is 1. The standard InChI is InChI=1S/C11H20F3NO/c1-10(2)5-4-8(9(10)15-3)16-7-6-11(12,13)14/h8-9,15H,4-7H2,1-3H3. The Morgan fingerprint density at radius 1 is 1.38 bits per heavy atom. The summed E-state index contributed by atoms with van der Waals surface area (Å²) in [7, 11) is 1.83. The Balaban J connectivity index is 2.38. The summed E-state index contributed by atoms with van der Waals surface area (Å²) < 4.78 is 41.2. The van der Waals surface area contributed by atoms with Crippen LogP contribution < -0.4 is 5.32 Å². The van der Waals surface area contributed by atoms with Crippen molar-refractivity contribution in [3.05, 3.63) is 0 Å². The lowest BCUT2D eigenvalue weighted by atomic mass is 9.87. The predicted molar refractivity (Wildman–Crippen MR) is 56.3 cm³/mol. The Bertz CT molecular complexity index is 228. The summed E-state index contributed by atoms with van der Waals surface area (Å²) in [6.07, 6.45) is -3.27. The smallest absolute Gasteiger partial charge is 0.376 e. The minimum Gasteiger partial charge on any atom is -0.376 e. The van der Waals surface area contributed by atoms with Crippen LogP contribution in [0.5, 0.6) is 0 Å². The van der Waals surface area contributed by atoms with E-state index in [1.165, 1.54) is 0 Å². The average Bonchev–Trinajstić information content (AvgIpc) is 2.39. The van der Waals surface area contributed by atoms with E-state index in [4.69, 9.17) is 4.74 Å². The van der Waals surface area contributed by atoms with Crippen molar-refractivity contribution in [1.82, 2.24) is 5.32 Å². The van der Waals surface area contributed by atoms with Crippen LogP contribution in [0.15, 0.2) is 0 Å². The highest BCUT2D eigenvalue weighted by molar-refractivity contribution is 4.96. The average molecular weight is 239 g/mol. The van der Waals surface area contributed by atoms with E-state index in [0.717, 1.165) is 12.8 Å². The molecule has 0 radical (unpaired) electrons. The third-order valence-electron chi connectivity index (χ3n) is 3.32. The second-order valence-electron chi connectivity index (χ2n) is 5.07. The van der Waals surface area contributed by atoms with Crippen molar-refractivity contribution in [3.8, 4) is 0 Å². The molecule has 1 rings (SSSR count). The number of hydrogen-bond acceptors (Lipinski definition) is 2. The molecule has 1 aliphatic carbocycles. The highest BCUT2D eigenvalue weighted by atomic mass is 19.4. The Kier molecular flexibility index (Phi) is 4.23. The fraction of sp³-hybridized carbons (Fsp3) is 1.00. The van der Waals surface area contributed by atoms with E-state index in [2.05, 4.69) is 19.2 Å². The molecule has 0 aromatic carbocycles. The first-order valence-corrected chi connectivity index (χ1v) is 5.62. The largest absolute Gasteiger partial charge is 0.391 e. The van der Waals surface area contributed by atoms with Gasteiger partial charge in [-0.2, -0.15) is 13.2 Å². The van der Waals surface area contributed by atoms with Crippen molar-refractivity contribution < 1.29 is 17.9 Å². The van der Waals surface area contributed by atoms with Gasteiger partial charge in [0.05, 0.1) is 19.1 Å². The van der Waals surface area contributed by atoms with E-state index in [0.29, 0.717) is 0 Å². The summed E-state index contributed by atoms with van der Waals surface area (Å²) >= 11 is 0. The Morgan fingerprint density at radius 2 is 2.00 bits per heavy atom. The van der Waals surface area contributed by atoms with E-state index >= 15 is 0 Å². The third-order valence-corrected chi connectivity index (χ3v) is 3.32. The molecule has 5 heteroatoms. The van der Waals surface area contributed by atoms with Gasteiger partial charge in [-0.15, -0.1) is 0 Å². The highest BCUT2D eigenvalue weighted by Crippen LogP contribution is 2.39. The van der Waals surface area contributed by atoms with Gasteiger partial charge >= 0.3 is 6.18 Å². The topological polar surface area (TPSA) is 21.3 Å². The van der Waals surface area contributed by atoms with Crippen molar-refractivity contribution in [2.75, 3.05) is 13.7 Å². The molecular weight excluding hydrogens is 219 g/mol. The molecule has 2 nitrogen and oxygen atoms in total. The molecule has 16 heavy (non-hydrogen) atoms. The van der Waals surface area contributed by atoms with Gasteiger partial charge in [-0.3, -0.25) is 0 Å². The molecule has 0 aromatic heterocycles. The summed E-state index contributed by atoms with van der Waals surface area (Å²) in [5.74, 6) is 0. The van der Waals surface area contributed by atoms with Crippen molar-refractivity contribution in [2.24, 2.45) is 5.41 Å². The zero-order valence-corrected chi connectivity index (χ0v) is 10.0. The van der Waals surface area contributed by atoms with E-state index in [-0.39, 0.29) is 24.2 Å². The second kappa shape index (κ2) is 4.92. The fourth-order valence-corrected chi connectivity index (χ4v) is 2.42. The van der Waals surface area contributed by atoms with Gasteiger partial charge in [0.1, 0.15) is 0 Å². The summed E-state index contributed by atoms with van der Waals surface area (Å²) in [6.45, 7) is 3.99. The lowest BCUT2D eigenvalue weighted by Crippen LogP contribution is -2.43. The molecule has 1 saturated carbocycles. The van der Waals surface area contributed by atoms with Gasteiger partial charge in [0.25, 0.3) is 0 Å². The van der Waals surface area contributed by atoms with Crippen molar-refractivity contribution in [2.45, 2.75) is 51.4 Å². The molecule has 2 unspecified atom stereocenters. The Hall–Kier alpha value is -0.290. The van der Waals surface area contributed by atoms with E-state index in [1.54, 1.807) is 0 Å². The van der Waals surface area contributed by atoms with Gasteiger partial charge in [0, 0.05) is 6.04 Å². The van der Waals surface area contributed by atoms with Gasteiger partial charge in [0.15, 0.2) is 0 Å². The molecule has 0 spiro atoms. The normalized spacial score (nSPS) is 29.6. The van der Waals surface area contributed by atoms with Crippen LogP contribution in [0.25, 0.3) is 0 Å². The Morgan fingerprint density at radius 3 is 2.50 bits per heavy atom. The molecular formula is C11H20F3NO. The fourth-order valence-electron chi connectivity index (χ4n) is 2.42. The number of likely N-dealkylation sites (N-methyl/N-ethyl adjacent to an activating group) is 1. The van der Waals surface area contributed by atoms with Crippen LogP contribution in [0.3, 0.4) is 0 Å². The SMILES string of the molecule is CNC1C(OCCC(F)(F)F)CCC1(C)C. The van der Waals surface area contributed by atoms with Crippen molar-refractivity contribution in [1.29, 1.82) is 0 Å². The van der Waals surface area contributed by atoms with Crippen LogP contribution >= 0.6 is 0 Å². The van der Waals surface area contributed by atoms with Crippen molar-refractivity contribution in [3.63, 3.8) is 0 Å². The van der Waals surface area contributed by atoms with E-state index < -0.39 is 12.6 Å². The lowest BCUT2D eigenvalue weighted by molar-refractivity contribution is -0.149. The summed E-state index contributed by atoms with van der Waals surface area (Å²) in [6, 6.07) is 0.140. The molecule has 2 atom stereocenters. The van der Waals surface area contributed by atoms with Crippen LogP contribution in [-0.4, -0.2) is 32.0 Å². The second-order valence-corrected chi connectivity index (χ2v) is 5.07. The van der Waals surface area contributed by atoms with Gasteiger partial charge in [-0.25, -0.2) is 0 Å². The minimum atomic E-state index is -4.12. The third kappa shape index (κ3) is 3.63. The molecule has 0 aromatic rings. The zero-order chi connectivity index (χ0) is 12.4. The molecule has 0 saturated heterocycles. The van der Waals surface area contributed by atoms with Crippen LogP contribution in [0.2, 0.25) is 0 Å². The Labute approximate surface area is 94.5 Å². The van der Waals surface area contributed by atoms with Gasteiger partial charge in [-0.05, 0) is 25.3 Å². The summed E-state index contributed by atoms with van der Waals surface area (Å²) in [4.78, 5) is 0. The number of nitrogens with one attached hydrogen (secondary N) is 1. The molecule has 0 aliphatic heterocycles. The number of rotatable bonds is 4. The molecule has 96 valence electrons. The first-order valence-electron chi connectivity index (χ1n) is 5.62. The lowest BCUT2D eigenvalue weighted by Gasteiger charge is -2.30. The maximum atomic E-state index is 12.0. The van der Waals surface area contributed by atoms with Crippen LogP contribution in [-0.2, 0) is 4.74 Å². The summed E-state index contributed by atoms with van der Waals surface area (Å²) in [5, 5.41) is 3.15. The van der Waals surface area contributed by atoms with E-state index in [9.17, 15) is 13.2 Å². The highest BCUT2D eigenvalue weighted by Gasteiger charge is 2.41. The van der Waals surface area contributed by atoms with Crippen LogP contribution in [0, 0.1) is 5.41 Å². The maximum absolute atomic E-state index is 12.0. The monoisotopic (exact) mass is 239 g/mol. The molecule has 1 aliphatic rings. The number of halogens is 3. The number of alkyl halides is 3.